The van der Waals surface area contributed by atoms with Crippen molar-refractivity contribution < 1.29 is 9.59 Å². The van der Waals surface area contributed by atoms with Crippen molar-refractivity contribution in [1.82, 2.24) is 20.0 Å². The van der Waals surface area contributed by atoms with E-state index < -0.39 is 0 Å². The van der Waals surface area contributed by atoms with Crippen LogP contribution in [-0.2, 0) is 11.3 Å². The maximum atomic E-state index is 12.2. The van der Waals surface area contributed by atoms with Crippen molar-refractivity contribution in [3.05, 3.63) is 17.5 Å². The number of aryl methyl sites for hydroxylation is 2. The number of nitrogens with zero attached hydrogens (tertiary/aromatic N) is 3. The molecule has 1 aliphatic rings. The molecule has 3 N–H and O–H groups in total. The maximum Gasteiger partial charge on any atom is 0.317 e. The molecule has 7 nitrogen and oxygen atoms in total. The van der Waals surface area contributed by atoms with Crippen molar-refractivity contribution in [3.8, 4) is 0 Å². The number of carbonyl (C=O) groups excluding carboxylic acids is 2. The molecular formula is C16H27N5O2. The zero-order valence-electron chi connectivity index (χ0n) is 14.2. The van der Waals surface area contributed by atoms with Gasteiger partial charge in [0.1, 0.15) is 0 Å². The minimum atomic E-state index is -0.261. The second-order valence-corrected chi connectivity index (χ2v) is 6.56. The molecular weight excluding hydrogens is 294 g/mol. The molecule has 0 bridgehead atoms. The number of hydrogen-bond donors (Lipinski definition) is 2. The van der Waals surface area contributed by atoms with Gasteiger partial charge in [-0.05, 0) is 38.7 Å². The fourth-order valence-electron chi connectivity index (χ4n) is 2.96. The Hall–Kier alpha value is -2.05. The molecule has 1 fully saturated rings. The van der Waals surface area contributed by atoms with Crippen LogP contribution < -0.4 is 11.1 Å². The molecule has 0 saturated carbocycles. The van der Waals surface area contributed by atoms with Crippen molar-refractivity contribution in [2.45, 2.75) is 40.2 Å². The van der Waals surface area contributed by atoms with E-state index >= 15 is 0 Å². The first kappa shape index (κ1) is 17.3. The average Bonchev–Trinajstić information content (AvgIpc) is 2.82. The van der Waals surface area contributed by atoms with Gasteiger partial charge in [-0.25, -0.2) is 4.79 Å². The van der Waals surface area contributed by atoms with Gasteiger partial charge in [-0.3, -0.25) is 9.48 Å². The van der Waals surface area contributed by atoms with E-state index in [1.165, 1.54) is 0 Å². The van der Waals surface area contributed by atoms with Crippen molar-refractivity contribution >= 4 is 11.9 Å². The van der Waals surface area contributed by atoms with E-state index in [1.807, 2.05) is 24.6 Å². The minimum absolute atomic E-state index is 0.0619. The summed E-state index contributed by atoms with van der Waals surface area (Å²) in [5, 5.41) is 7.41. The predicted octanol–water partition coefficient (Wildman–Crippen LogP) is 1.04. The molecule has 7 heteroatoms. The van der Waals surface area contributed by atoms with Gasteiger partial charge >= 0.3 is 6.03 Å². The fourth-order valence-corrected chi connectivity index (χ4v) is 2.96. The first-order valence-corrected chi connectivity index (χ1v) is 8.20. The lowest BCUT2D eigenvalue weighted by molar-refractivity contribution is -0.123. The number of aromatic nitrogens is 2. The first-order chi connectivity index (χ1) is 10.9. The molecule has 1 aromatic heterocycles. The number of likely N-dealkylation sites (tertiary alicyclic amines) is 1. The third kappa shape index (κ3) is 4.71. The molecule has 1 aromatic rings. The molecule has 0 spiro atoms. The van der Waals surface area contributed by atoms with E-state index in [4.69, 9.17) is 5.73 Å². The summed E-state index contributed by atoms with van der Waals surface area (Å²) in [5.41, 5.74) is 7.45. The van der Waals surface area contributed by atoms with Crippen molar-refractivity contribution in [2.75, 3.05) is 19.6 Å². The highest BCUT2D eigenvalue weighted by Gasteiger charge is 2.25. The topological polar surface area (TPSA) is 93.3 Å². The van der Waals surface area contributed by atoms with Gasteiger partial charge in [0, 0.05) is 37.8 Å². The zero-order chi connectivity index (χ0) is 17.0. The highest BCUT2D eigenvalue weighted by atomic mass is 16.2. The Morgan fingerprint density at radius 3 is 2.57 bits per heavy atom. The summed E-state index contributed by atoms with van der Waals surface area (Å²) in [5.74, 6) is -0.0623. The second-order valence-electron chi connectivity index (χ2n) is 6.56. The number of piperidine rings is 1. The fraction of sp³-hybridized carbons (Fsp3) is 0.688. The molecule has 23 heavy (non-hydrogen) atoms. The Morgan fingerprint density at radius 2 is 2.04 bits per heavy atom. The van der Waals surface area contributed by atoms with Crippen LogP contribution in [0.15, 0.2) is 6.07 Å². The number of hydrogen-bond acceptors (Lipinski definition) is 3. The number of amides is 3. The summed E-state index contributed by atoms with van der Waals surface area (Å²) >= 11 is 0. The first-order valence-electron chi connectivity index (χ1n) is 8.20. The van der Waals surface area contributed by atoms with Crippen molar-refractivity contribution in [3.63, 3.8) is 0 Å². The van der Waals surface area contributed by atoms with Gasteiger partial charge in [0.25, 0.3) is 0 Å². The lowest BCUT2D eigenvalue weighted by atomic mass is 9.96. The third-order valence-corrected chi connectivity index (χ3v) is 4.37. The molecule has 128 valence electrons. The maximum absolute atomic E-state index is 12.2. The molecule has 0 aliphatic carbocycles. The number of urea groups is 1. The van der Waals surface area contributed by atoms with E-state index in [2.05, 4.69) is 17.3 Å². The molecule has 3 amide bonds. The monoisotopic (exact) mass is 321 g/mol. The lowest BCUT2D eigenvalue weighted by Crippen LogP contribution is -2.47. The van der Waals surface area contributed by atoms with E-state index in [1.54, 1.807) is 4.90 Å². The van der Waals surface area contributed by atoms with Gasteiger partial charge in [0.05, 0.1) is 5.69 Å². The van der Waals surface area contributed by atoms with Crippen LogP contribution in [0.25, 0.3) is 0 Å². The molecule has 1 atom stereocenters. The summed E-state index contributed by atoms with van der Waals surface area (Å²) in [7, 11) is 0. The molecule has 2 heterocycles. The highest BCUT2D eigenvalue weighted by Crippen LogP contribution is 2.16. The smallest absolute Gasteiger partial charge is 0.317 e. The van der Waals surface area contributed by atoms with E-state index in [0.717, 1.165) is 17.9 Å². The molecule has 0 radical (unpaired) electrons. The molecule has 0 aromatic carbocycles. The summed E-state index contributed by atoms with van der Waals surface area (Å²) < 4.78 is 1.98. The van der Waals surface area contributed by atoms with Crippen molar-refractivity contribution in [2.24, 2.45) is 17.6 Å². The summed E-state index contributed by atoms with van der Waals surface area (Å²) in [6.45, 7) is 8.67. The Morgan fingerprint density at radius 1 is 1.39 bits per heavy atom. The normalized spacial score (nSPS) is 17.1. The number of nitrogens with two attached hydrogens (primary N) is 1. The van der Waals surface area contributed by atoms with Gasteiger partial charge in [0.2, 0.25) is 5.91 Å². The molecule has 2 rings (SSSR count). The van der Waals surface area contributed by atoms with Gasteiger partial charge in [-0.2, -0.15) is 5.10 Å². The molecule has 1 aliphatic heterocycles. The van der Waals surface area contributed by atoms with Crippen LogP contribution in [0.1, 0.15) is 31.2 Å². The lowest BCUT2D eigenvalue weighted by Gasteiger charge is -2.31. The summed E-state index contributed by atoms with van der Waals surface area (Å²) in [6, 6.07) is 1.99. The largest absolute Gasteiger partial charge is 0.369 e. The van der Waals surface area contributed by atoms with E-state index in [-0.39, 0.29) is 17.9 Å². The van der Waals surface area contributed by atoms with Crippen LogP contribution in [0.3, 0.4) is 0 Å². The highest BCUT2D eigenvalue weighted by molar-refractivity contribution is 5.78. The Bertz CT molecular complexity index is 561. The average molecular weight is 321 g/mol. The van der Waals surface area contributed by atoms with Gasteiger partial charge in [-0.1, -0.05) is 6.92 Å². The van der Waals surface area contributed by atoms with E-state index in [0.29, 0.717) is 38.4 Å². The number of primary amides is 1. The number of nitrogens with one attached hydrogen (secondary N) is 1. The number of carbonyl (C=O) groups is 2. The van der Waals surface area contributed by atoms with Crippen LogP contribution in [0, 0.1) is 25.7 Å². The second kappa shape index (κ2) is 7.48. The van der Waals surface area contributed by atoms with Crippen LogP contribution >= 0.6 is 0 Å². The third-order valence-electron chi connectivity index (χ3n) is 4.37. The van der Waals surface area contributed by atoms with Crippen LogP contribution in [0.2, 0.25) is 0 Å². The summed E-state index contributed by atoms with van der Waals surface area (Å²) in [6.07, 6.45) is 1.31. The van der Waals surface area contributed by atoms with Gasteiger partial charge < -0.3 is 16.0 Å². The van der Waals surface area contributed by atoms with E-state index in [9.17, 15) is 9.59 Å². The van der Waals surface area contributed by atoms with Crippen LogP contribution in [0.4, 0.5) is 4.79 Å². The van der Waals surface area contributed by atoms with Crippen LogP contribution in [0.5, 0.6) is 0 Å². The van der Waals surface area contributed by atoms with Crippen molar-refractivity contribution in [1.29, 1.82) is 0 Å². The zero-order valence-corrected chi connectivity index (χ0v) is 14.2. The van der Waals surface area contributed by atoms with Gasteiger partial charge in [0.15, 0.2) is 0 Å². The van der Waals surface area contributed by atoms with Gasteiger partial charge in [-0.15, -0.1) is 0 Å². The number of rotatable bonds is 5. The standard InChI is InChI=1S/C16H27N5O2/c1-11(10-21-13(3)8-12(2)19-21)9-18-16(23)20-6-4-14(5-7-20)15(17)22/h8,11,14H,4-7,9-10H2,1-3H3,(H2,17,22)(H,18,23). The SMILES string of the molecule is Cc1cc(C)n(CC(C)CNC(=O)N2CCC(C(N)=O)CC2)n1. The quantitative estimate of drug-likeness (QED) is 0.848. The van der Waals surface area contributed by atoms with Crippen LogP contribution in [-0.4, -0.2) is 46.3 Å². The Kier molecular flexibility index (Phi) is 5.63. The predicted molar refractivity (Wildman–Crippen MR) is 87.8 cm³/mol. The Balaban J connectivity index is 1.74. The Labute approximate surface area is 137 Å². The summed E-state index contributed by atoms with van der Waals surface area (Å²) in [4.78, 5) is 25.1. The molecule has 1 unspecified atom stereocenters. The minimum Gasteiger partial charge on any atom is -0.369 e. The molecule has 1 saturated heterocycles.